The molecule has 6 heteroatoms. The normalized spacial score (nSPS) is 10.6. The first-order valence-electron chi connectivity index (χ1n) is 9.38. The van der Waals surface area contributed by atoms with Crippen molar-refractivity contribution < 1.29 is 9.53 Å². The first kappa shape index (κ1) is 20.3. The van der Waals surface area contributed by atoms with Gasteiger partial charge in [-0.25, -0.2) is 4.98 Å². The Morgan fingerprint density at radius 1 is 1.00 bits per heavy atom. The van der Waals surface area contributed by atoms with Crippen LogP contribution in [0, 0.1) is 6.92 Å². The molecule has 0 aliphatic carbocycles. The van der Waals surface area contributed by atoms with Crippen LogP contribution in [-0.4, -0.2) is 10.9 Å². The fourth-order valence-corrected chi connectivity index (χ4v) is 3.79. The molecule has 1 aromatic heterocycles. The highest BCUT2D eigenvalue weighted by Crippen LogP contribution is 2.25. The third-order valence-corrected chi connectivity index (χ3v) is 5.79. The van der Waals surface area contributed by atoms with Gasteiger partial charge in [-0.2, -0.15) is 0 Å². The number of thiazole rings is 1. The molecule has 4 nitrogen and oxygen atoms in total. The van der Waals surface area contributed by atoms with Crippen molar-refractivity contribution in [2.75, 3.05) is 5.32 Å². The molecule has 0 unspecified atom stereocenters. The van der Waals surface area contributed by atoms with E-state index in [0.29, 0.717) is 17.3 Å². The standard InChI is InChI=1S/C24H19BrN2O2S/c1-16-2-6-18(7-3-16)22-15-30-24(26-22)27-23(28)19-8-4-17(5-9-19)14-29-21-12-10-20(25)11-13-21/h2-13,15H,14H2,1H3,(H,26,27,28). The molecular formula is C24H19BrN2O2S. The highest BCUT2D eigenvalue weighted by molar-refractivity contribution is 9.10. The van der Waals surface area contributed by atoms with Gasteiger partial charge in [-0.3, -0.25) is 10.1 Å². The van der Waals surface area contributed by atoms with Gasteiger partial charge >= 0.3 is 0 Å². The van der Waals surface area contributed by atoms with Crippen molar-refractivity contribution in [3.8, 4) is 17.0 Å². The SMILES string of the molecule is Cc1ccc(-c2csc(NC(=O)c3ccc(COc4ccc(Br)cc4)cc3)n2)cc1. The van der Waals surface area contributed by atoms with Gasteiger partial charge in [0, 0.05) is 21.0 Å². The molecule has 0 spiro atoms. The maximum atomic E-state index is 12.5. The van der Waals surface area contributed by atoms with Crippen LogP contribution in [0.1, 0.15) is 21.5 Å². The van der Waals surface area contributed by atoms with Crippen LogP contribution in [0.4, 0.5) is 5.13 Å². The van der Waals surface area contributed by atoms with Gasteiger partial charge in [0.05, 0.1) is 5.69 Å². The minimum absolute atomic E-state index is 0.180. The van der Waals surface area contributed by atoms with Crippen molar-refractivity contribution in [3.05, 3.63) is 99.3 Å². The van der Waals surface area contributed by atoms with Crippen LogP contribution in [0.3, 0.4) is 0 Å². The van der Waals surface area contributed by atoms with Crippen molar-refractivity contribution >= 4 is 38.3 Å². The van der Waals surface area contributed by atoms with Gasteiger partial charge in [0.15, 0.2) is 5.13 Å². The lowest BCUT2D eigenvalue weighted by atomic mass is 10.1. The fourth-order valence-electron chi connectivity index (χ4n) is 2.81. The minimum atomic E-state index is -0.180. The van der Waals surface area contributed by atoms with E-state index in [0.717, 1.165) is 27.0 Å². The van der Waals surface area contributed by atoms with Crippen molar-refractivity contribution in [2.45, 2.75) is 13.5 Å². The minimum Gasteiger partial charge on any atom is -0.489 e. The van der Waals surface area contributed by atoms with E-state index in [2.05, 4.69) is 45.3 Å². The Bertz CT molecular complexity index is 1140. The summed E-state index contributed by atoms with van der Waals surface area (Å²) >= 11 is 4.82. The highest BCUT2D eigenvalue weighted by Gasteiger charge is 2.10. The summed E-state index contributed by atoms with van der Waals surface area (Å²) in [5, 5.41) is 5.40. The van der Waals surface area contributed by atoms with Crippen molar-refractivity contribution in [1.82, 2.24) is 4.98 Å². The zero-order chi connectivity index (χ0) is 20.9. The molecule has 4 aromatic rings. The van der Waals surface area contributed by atoms with E-state index in [1.807, 2.05) is 53.9 Å². The summed E-state index contributed by atoms with van der Waals surface area (Å²) < 4.78 is 6.78. The molecular weight excluding hydrogens is 460 g/mol. The van der Waals surface area contributed by atoms with E-state index in [4.69, 9.17) is 4.74 Å². The van der Waals surface area contributed by atoms with Gasteiger partial charge < -0.3 is 4.74 Å². The van der Waals surface area contributed by atoms with E-state index in [9.17, 15) is 4.79 Å². The van der Waals surface area contributed by atoms with E-state index >= 15 is 0 Å². The Hall–Kier alpha value is -2.96. The Morgan fingerprint density at radius 2 is 1.70 bits per heavy atom. The molecule has 4 rings (SSSR count). The first-order chi connectivity index (χ1) is 14.6. The number of hydrogen-bond donors (Lipinski definition) is 1. The molecule has 1 N–H and O–H groups in total. The number of carbonyl (C=O) groups excluding carboxylic acids is 1. The van der Waals surface area contributed by atoms with Gasteiger partial charge in [0.25, 0.3) is 5.91 Å². The Morgan fingerprint density at radius 3 is 2.40 bits per heavy atom. The molecule has 0 aliphatic rings. The number of halogens is 1. The zero-order valence-corrected chi connectivity index (χ0v) is 18.7. The van der Waals surface area contributed by atoms with Gasteiger partial charge in [0.1, 0.15) is 12.4 Å². The summed E-state index contributed by atoms with van der Waals surface area (Å²) in [7, 11) is 0. The number of benzene rings is 3. The van der Waals surface area contributed by atoms with Gasteiger partial charge in [-0.15, -0.1) is 11.3 Å². The van der Waals surface area contributed by atoms with Gasteiger partial charge in [-0.1, -0.05) is 57.9 Å². The maximum absolute atomic E-state index is 12.5. The second kappa shape index (κ2) is 9.24. The smallest absolute Gasteiger partial charge is 0.257 e. The lowest BCUT2D eigenvalue weighted by molar-refractivity contribution is 0.102. The van der Waals surface area contributed by atoms with Crippen LogP contribution in [0.15, 0.2) is 82.6 Å². The van der Waals surface area contributed by atoms with Crippen LogP contribution < -0.4 is 10.1 Å². The zero-order valence-electron chi connectivity index (χ0n) is 16.3. The van der Waals surface area contributed by atoms with Crippen LogP contribution in [0.5, 0.6) is 5.75 Å². The van der Waals surface area contributed by atoms with Crippen molar-refractivity contribution in [3.63, 3.8) is 0 Å². The molecule has 3 aromatic carbocycles. The molecule has 30 heavy (non-hydrogen) atoms. The number of nitrogens with zero attached hydrogens (tertiary/aromatic N) is 1. The molecule has 0 bridgehead atoms. The van der Waals surface area contributed by atoms with Crippen molar-refractivity contribution in [2.24, 2.45) is 0 Å². The predicted octanol–water partition coefficient (Wildman–Crippen LogP) is 6.71. The topological polar surface area (TPSA) is 51.2 Å². The summed E-state index contributed by atoms with van der Waals surface area (Å²) in [6, 6.07) is 23.2. The van der Waals surface area contributed by atoms with Crippen LogP contribution in [-0.2, 0) is 6.61 Å². The van der Waals surface area contributed by atoms with E-state index in [-0.39, 0.29) is 5.91 Å². The number of anilines is 1. The lowest BCUT2D eigenvalue weighted by Gasteiger charge is -2.07. The second-order valence-corrected chi connectivity index (χ2v) is 8.57. The van der Waals surface area contributed by atoms with Gasteiger partial charge in [0.2, 0.25) is 0 Å². The second-order valence-electron chi connectivity index (χ2n) is 6.80. The number of rotatable bonds is 6. The lowest BCUT2D eigenvalue weighted by Crippen LogP contribution is -2.11. The molecule has 150 valence electrons. The largest absolute Gasteiger partial charge is 0.489 e. The van der Waals surface area contributed by atoms with Crippen LogP contribution in [0.25, 0.3) is 11.3 Å². The third-order valence-electron chi connectivity index (χ3n) is 4.51. The average Bonchev–Trinajstić information content (AvgIpc) is 3.22. The molecule has 0 fully saturated rings. The Labute approximate surface area is 187 Å². The number of ether oxygens (including phenoxy) is 1. The van der Waals surface area contributed by atoms with E-state index in [1.165, 1.54) is 16.9 Å². The quantitative estimate of drug-likeness (QED) is 0.334. The molecule has 1 heterocycles. The molecule has 0 aliphatic heterocycles. The molecule has 0 saturated carbocycles. The monoisotopic (exact) mass is 478 g/mol. The summed E-state index contributed by atoms with van der Waals surface area (Å²) in [4.78, 5) is 17.1. The Balaban J connectivity index is 1.35. The summed E-state index contributed by atoms with van der Waals surface area (Å²) in [5.74, 6) is 0.619. The van der Waals surface area contributed by atoms with Crippen LogP contribution >= 0.6 is 27.3 Å². The molecule has 0 radical (unpaired) electrons. The first-order valence-corrected chi connectivity index (χ1v) is 11.1. The number of nitrogens with one attached hydrogen (secondary N) is 1. The summed E-state index contributed by atoms with van der Waals surface area (Å²) in [5.41, 5.74) is 4.66. The number of carbonyl (C=O) groups is 1. The number of hydrogen-bond acceptors (Lipinski definition) is 4. The fraction of sp³-hybridized carbons (Fsp3) is 0.0833. The highest BCUT2D eigenvalue weighted by atomic mass is 79.9. The third kappa shape index (κ3) is 5.14. The van der Waals surface area contributed by atoms with Crippen LogP contribution in [0.2, 0.25) is 0 Å². The number of amides is 1. The molecule has 0 atom stereocenters. The molecule has 1 amide bonds. The van der Waals surface area contributed by atoms with E-state index in [1.54, 1.807) is 12.1 Å². The van der Waals surface area contributed by atoms with E-state index < -0.39 is 0 Å². The average molecular weight is 479 g/mol. The predicted molar refractivity (Wildman–Crippen MR) is 125 cm³/mol. The number of aromatic nitrogens is 1. The summed E-state index contributed by atoms with van der Waals surface area (Å²) in [6.45, 7) is 2.49. The summed E-state index contributed by atoms with van der Waals surface area (Å²) in [6.07, 6.45) is 0. The maximum Gasteiger partial charge on any atom is 0.257 e. The Kier molecular flexibility index (Phi) is 6.26. The van der Waals surface area contributed by atoms with Gasteiger partial charge in [-0.05, 0) is 48.9 Å². The molecule has 0 saturated heterocycles. The van der Waals surface area contributed by atoms with Crippen molar-refractivity contribution in [1.29, 1.82) is 0 Å². The number of aryl methyl sites for hydroxylation is 1.